The van der Waals surface area contributed by atoms with Crippen LogP contribution in [0.2, 0.25) is 0 Å². The van der Waals surface area contributed by atoms with E-state index in [4.69, 9.17) is 4.74 Å². The molecule has 0 unspecified atom stereocenters. The Hall–Kier alpha value is -1.68. The topological polar surface area (TPSA) is 46.6 Å². The molecule has 1 aromatic rings. The summed E-state index contributed by atoms with van der Waals surface area (Å²) < 4.78 is 5.55. The predicted octanol–water partition coefficient (Wildman–Crippen LogP) is 2.53. The fourth-order valence-corrected chi connectivity index (χ4v) is 4.45. The number of carbonyl (C=O) groups is 2. The van der Waals surface area contributed by atoms with Gasteiger partial charge in [-0.2, -0.15) is 0 Å². The Bertz CT molecular complexity index is 590. The molecule has 0 N–H and O–H groups in total. The Labute approximate surface area is 136 Å². The fourth-order valence-electron chi connectivity index (χ4n) is 4.45. The number of ketones is 1. The number of benzene rings is 1. The van der Waals surface area contributed by atoms with E-state index in [1.165, 1.54) is 19.3 Å². The van der Waals surface area contributed by atoms with Crippen molar-refractivity contribution in [2.24, 2.45) is 17.8 Å². The highest BCUT2D eigenvalue weighted by molar-refractivity contribution is 5.96. The largest absolute Gasteiger partial charge is 0.377 e. The summed E-state index contributed by atoms with van der Waals surface area (Å²) in [5.74, 6) is 1.84. The zero-order chi connectivity index (χ0) is 15.8. The van der Waals surface area contributed by atoms with Gasteiger partial charge in [-0.3, -0.25) is 9.59 Å². The molecule has 1 heterocycles. The summed E-state index contributed by atoms with van der Waals surface area (Å²) >= 11 is 0. The number of Topliss-reactive ketones (excluding diaryl/α,β-unsaturated/α-hetero) is 1. The first-order valence-corrected chi connectivity index (χ1v) is 8.72. The Kier molecular flexibility index (Phi) is 3.93. The van der Waals surface area contributed by atoms with Gasteiger partial charge < -0.3 is 9.64 Å². The highest BCUT2D eigenvalue weighted by Crippen LogP contribution is 2.58. The molecule has 2 aliphatic carbocycles. The minimum absolute atomic E-state index is 0.0925. The van der Waals surface area contributed by atoms with Crippen molar-refractivity contribution in [3.63, 3.8) is 0 Å². The van der Waals surface area contributed by atoms with Gasteiger partial charge in [0.25, 0.3) is 0 Å². The molecule has 122 valence electrons. The van der Waals surface area contributed by atoms with Gasteiger partial charge in [-0.25, -0.2) is 0 Å². The van der Waals surface area contributed by atoms with Crippen LogP contribution in [0.25, 0.3) is 0 Å². The average molecular weight is 313 g/mol. The number of hydrogen-bond donors (Lipinski definition) is 0. The SMILES string of the molecule is O=C(C[C@@H]1COCCN1C(=O)C1[C@H]2CCC[C@H]12)c1ccccc1. The van der Waals surface area contributed by atoms with Crippen LogP contribution in [0.4, 0.5) is 0 Å². The second-order valence-electron chi connectivity index (χ2n) is 7.04. The van der Waals surface area contributed by atoms with Crippen molar-refractivity contribution in [2.45, 2.75) is 31.7 Å². The molecule has 1 amide bonds. The molecule has 1 aliphatic heterocycles. The van der Waals surface area contributed by atoms with E-state index in [0.29, 0.717) is 43.6 Å². The van der Waals surface area contributed by atoms with Crippen molar-refractivity contribution < 1.29 is 14.3 Å². The van der Waals surface area contributed by atoms with Crippen molar-refractivity contribution >= 4 is 11.7 Å². The third-order valence-electron chi connectivity index (χ3n) is 5.72. The number of morpholine rings is 1. The van der Waals surface area contributed by atoms with Gasteiger partial charge in [-0.1, -0.05) is 36.8 Å². The first-order chi connectivity index (χ1) is 11.3. The minimum Gasteiger partial charge on any atom is -0.377 e. The average Bonchev–Trinajstić information content (AvgIpc) is 3.07. The van der Waals surface area contributed by atoms with Crippen LogP contribution in [-0.4, -0.2) is 42.4 Å². The van der Waals surface area contributed by atoms with Crippen molar-refractivity contribution in [1.29, 1.82) is 0 Å². The summed E-state index contributed by atoms with van der Waals surface area (Å²) in [6.07, 6.45) is 4.05. The highest BCUT2D eigenvalue weighted by Gasteiger charge is 2.58. The van der Waals surface area contributed by atoms with E-state index in [0.717, 1.165) is 0 Å². The van der Waals surface area contributed by atoms with Crippen LogP contribution in [0.1, 0.15) is 36.0 Å². The molecule has 2 saturated carbocycles. The number of hydrogen-bond acceptors (Lipinski definition) is 3. The monoisotopic (exact) mass is 313 g/mol. The maximum atomic E-state index is 12.9. The van der Waals surface area contributed by atoms with Crippen LogP contribution in [0, 0.1) is 17.8 Å². The quantitative estimate of drug-likeness (QED) is 0.803. The van der Waals surface area contributed by atoms with E-state index < -0.39 is 0 Å². The normalized spacial score (nSPS) is 32.4. The molecule has 1 aromatic carbocycles. The number of ether oxygens (including phenoxy) is 1. The van der Waals surface area contributed by atoms with Crippen molar-refractivity contribution in [1.82, 2.24) is 4.90 Å². The van der Waals surface area contributed by atoms with Gasteiger partial charge in [-0.05, 0) is 24.7 Å². The van der Waals surface area contributed by atoms with Gasteiger partial charge in [0, 0.05) is 24.4 Å². The lowest BCUT2D eigenvalue weighted by molar-refractivity contribution is -0.142. The number of rotatable bonds is 4. The third-order valence-corrected chi connectivity index (χ3v) is 5.72. The zero-order valence-electron chi connectivity index (χ0n) is 13.3. The van der Waals surface area contributed by atoms with Crippen LogP contribution in [-0.2, 0) is 9.53 Å². The Morgan fingerprint density at radius 1 is 1.13 bits per heavy atom. The van der Waals surface area contributed by atoms with Crippen LogP contribution in [0.5, 0.6) is 0 Å². The molecule has 3 aliphatic rings. The smallest absolute Gasteiger partial charge is 0.226 e. The van der Waals surface area contributed by atoms with Gasteiger partial charge in [0.2, 0.25) is 5.91 Å². The van der Waals surface area contributed by atoms with Gasteiger partial charge >= 0.3 is 0 Å². The molecule has 1 saturated heterocycles. The summed E-state index contributed by atoms with van der Waals surface area (Å²) in [6.45, 7) is 1.69. The second-order valence-corrected chi connectivity index (χ2v) is 7.04. The molecule has 4 heteroatoms. The molecule has 4 nitrogen and oxygen atoms in total. The van der Waals surface area contributed by atoms with Crippen molar-refractivity contribution in [3.8, 4) is 0 Å². The minimum atomic E-state index is -0.106. The molecule has 23 heavy (non-hydrogen) atoms. The van der Waals surface area contributed by atoms with Crippen molar-refractivity contribution in [2.75, 3.05) is 19.8 Å². The fraction of sp³-hybridized carbons (Fsp3) is 0.579. The van der Waals surface area contributed by atoms with Crippen LogP contribution >= 0.6 is 0 Å². The van der Waals surface area contributed by atoms with E-state index in [2.05, 4.69) is 0 Å². The maximum Gasteiger partial charge on any atom is 0.226 e. The first kappa shape index (κ1) is 14.9. The number of amides is 1. The van der Waals surface area contributed by atoms with Crippen LogP contribution in [0.15, 0.2) is 30.3 Å². The van der Waals surface area contributed by atoms with Crippen LogP contribution < -0.4 is 0 Å². The van der Waals surface area contributed by atoms with E-state index in [-0.39, 0.29) is 23.7 Å². The predicted molar refractivity (Wildman–Crippen MR) is 86.0 cm³/mol. The van der Waals surface area contributed by atoms with Crippen LogP contribution in [0.3, 0.4) is 0 Å². The lowest BCUT2D eigenvalue weighted by Crippen LogP contribution is -2.50. The Morgan fingerprint density at radius 2 is 1.87 bits per heavy atom. The molecule has 3 atom stereocenters. The van der Waals surface area contributed by atoms with Gasteiger partial charge in [0.05, 0.1) is 19.3 Å². The molecular weight excluding hydrogens is 290 g/mol. The summed E-state index contributed by atoms with van der Waals surface area (Å²) in [6, 6.07) is 9.22. The summed E-state index contributed by atoms with van der Waals surface area (Å²) in [5.41, 5.74) is 0.716. The Balaban J connectivity index is 1.43. The molecule has 4 rings (SSSR count). The number of carbonyl (C=O) groups excluding carboxylic acids is 2. The Morgan fingerprint density at radius 3 is 2.61 bits per heavy atom. The van der Waals surface area contributed by atoms with Crippen molar-refractivity contribution in [3.05, 3.63) is 35.9 Å². The van der Waals surface area contributed by atoms with Gasteiger partial charge in [0.1, 0.15) is 0 Å². The van der Waals surface area contributed by atoms with E-state index in [1.807, 2.05) is 35.2 Å². The third kappa shape index (κ3) is 2.80. The summed E-state index contributed by atoms with van der Waals surface area (Å²) in [4.78, 5) is 27.3. The van der Waals surface area contributed by atoms with E-state index >= 15 is 0 Å². The lowest BCUT2D eigenvalue weighted by Gasteiger charge is -2.36. The standard InChI is InChI=1S/C19H23NO3/c21-17(13-5-2-1-3-6-13)11-14-12-23-10-9-20(14)19(22)18-15-7-4-8-16(15)18/h1-3,5-6,14-16,18H,4,7-12H2/t14-,15+,16+/m1/s1. The molecule has 0 aromatic heterocycles. The molecule has 3 fully saturated rings. The van der Waals surface area contributed by atoms with E-state index in [9.17, 15) is 9.59 Å². The summed E-state index contributed by atoms with van der Waals surface area (Å²) in [5, 5.41) is 0. The molecular formula is C19H23NO3. The molecule has 0 radical (unpaired) electrons. The number of nitrogens with zero attached hydrogens (tertiary/aromatic N) is 1. The summed E-state index contributed by atoms with van der Waals surface area (Å²) in [7, 11) is 0. The molecule has 0 spiro atoms. The molecule has 0 bridgehead atoms. The number of fused-ring (bicyclic) bond motifs is 1. The van der Waals surface area contributed by atoms with Gasteiger partial charge in [-0.15, -0.1) is 0 Å². The van der Waals surface area contributed by atoms with E-state index in [1.54, 1.807) is 0 Å². The maximum absolute atomic E-state index is 12.9. The zero-order valence-corrected chi connectivity index (χ0v) is 13.3. The highest BCUT2D eigenvalue weighted by atomic mass is 16.5. The first-order valence-electron chi connectivity index (χ1n) is 8.72. The lowest BCUT2D eigenvalue weighted by atomic mass is 10.0. The van der Waals surface area contributed by atoms with Gasteiger partial charge in [0.15, 0.2) is 5.78 Å². The second kappa shape index (κ2) is 6.08.